The largest absolute Gasteiger partial charge is 0.374 e. The number of nitrogens with zero attached hydrogens (tertiary/aromatic N) is 2. The Labute approximate surface area is 95.6 Å². The maximum absolute atomic E-state index is 5.19. The van der Waals surface area contributed by atoms with E-state index in [1.54, 1.807) is 7.11 Å². The van der Waals surface area contributed by atoms with E-state index < -0.39 is 0 Å². The second kappa shape index (κ2) is 5.41. The first kappa shape index (κ1) is 11.5. The van der Waals surface area contributed by atoms with Gasteiger partial charge in [0.2, 0.25) is 5.89 Å². The van der Waals surface area contributed by atoms with E-state index in [0.717, 1.165) is 37.7 Å². The van der Waals surface area contributed by atoms with Crippen LogP contribution >= 0.6 is 0 Å². The summed E-state index contributed by atoms with van der Waals surface area (Å²) in [4.78, 5) is 4.32. The summed E-state index contributed by atoms with van der Waals surface area (Å²) in [6.07, 6.45) is 3.16. The lowest BCUT2D eigenvalue weighted by atomic mass is 10.0. The molecule has 2 heterocycles. The molecule has 0 bridgehead atoms. The second-order valence-corrected chi connectivity index (χ2v) is 4.32. The van der Waals surface area contributed by atoms with Crippen molar-refractivity contribution >= 4 is 0 Å². The molecule has 5 heteroatoms. The van der Waals surface area contributed by atoms with Gasteiger partial charge < -0.3 is 14.6 Å². The van der Waals surface area contributed by atoms with Gasteiger partial charge in [0.1, 0.15) is 6.10 Å². The zero-order chi connectivity index (χ0) is 11.4. The van der Waals surface area contributed by atoms with E-state index in [-0.39, 0.29) is 6.10 Å². The molecule has 1 aromatic heterocycles. The van der Waals surface area contributed by atoms with Crippen LogP contribution in [0.5, 0.6) is 0 Å². The number of rotatable bonds is 5. The van der Waals surface area contributed by atoms with Crippen LogP contribution in [0, 0.1) is 5.92 Å². The molecule has 2 rings (SSSR count). The summed E-state index contributed by atoms with van der Waals surface area (Å²) in [5.74, 6) is 2.13. The number of aryl methyl sites for hydroxylation is 1. The van der Waals surface area contributed by atoms with Crippen LogP contribution < -0.4 is 5.32 Å². The molecule has 1 fully saturated rings. The Hall–Kier alpha value is -0.940. The third kappa shape index (κ3) is 2.80. The molecule has 1 N–H and O–H groups in total. The molecule has 0 radical (unpaired) electrons. The molecule has 16 heavy (non-hydrogen) atoms. The van der Waals surface area contributed by atoms with Crippen molar-refractivity contribution in [2.24, 2.45) is 5.92 Å². The van der Waals surface area contributed by atoms with Crippen molar-refractivity contribution in [3.8, 4) is 0 Å². The summed E-state index contributed by atoms with van der Waals surface area (Å²) in [6.45, 7) is 4.17. The highest BCUT2D eigenvalue weighted by Gasteiger charge is 2.17. The third-order valence-electron chi connectivity index (χ3n) is 3.13. The zero-order valence-corrected chi connectivity index (χ0v) is 9.90. The second-order valence-electron chi connectivity index (χ2n) is 4.32. The van der Waals surface area contributed by atoms with Gasteiger partial charge in [0.15, 0.2) is 5.82 Å². The Balaban J connectivity index is 1.82. The molecule has 5 nitrogen and oxygen atoms in total. The van der Waals surface area contributed by atoms with Crippen LogP contribution in [0.25, 0.3) is 0 Å². The molecule has 0 saturated carbocycles. The topological polar surface area (TPSA) is 60.2 Å². The minimum Gasteiger partial charge on any atom is -0.374 e. The zero-order valence-electron chi connectivity index (χ0n) is 9.90. The summed E-state index contributed by atoms with van der Waals surface area (Å²) in [5.41, 5.74) is 0. The van der Waals surface area contributed by atoms with E-state index in [9.17, 15) is 0 Å². The number of hydrogen-bond acceptors (Lipinski definition) is 5. The Kier molecular flexibility index (Phi) is 3.90. The van der Waals surface area contributed by atoms with Crippen LogP contribution in [-0.2, 0) is 11.2 Å². The molecular weight excluding hydrogens is 206 g/mol. The molecule has 2 atom stereocenters. The lowest BCUT2D eigenvalue weighted by Gasteiger charge is -2.04. The van der Waals surface area contributed by atoms with Gasteiger partial charge in [-0.1, -0.05) is 5.16 Å². The van der Waals surface area contributed by atoms with E-state index in [1.165, 1.54) is 6.42 Å². The first-order chi connectivity index (χ1) is 7.79. The predicted molar refractivity (Wildman–Crippen MR) is 59.0 cm³/mol. The van der Waals surface area contributed by atoms with Crippen LogP contribution in [0.2, 0.25) is 0 Å². The first-order valence-corrected chi connectivity index (χ1v) is 5.85. The molecule has 90 valence electrons. The van der Waals surface area contributed by atoms with E-state index in [0.29, 0.717) is 5.82 Å². The van der Waals surface area contributed by atoms with Gasteiger partial charge in [0.25, 0.3) is 0 Å². The van der Waals surface area contributed by atoms with E-state index in [4.69, 9.17) is 9.26 Å². The summed E-state index contributed by atoms with van der Waals surface area (Å²) < 4.78 is 10.3. The van der Waals surface area contributed by atoms with Gasteiger partial charge >= 0.3 is 0 Å². The smallest absolute Gasteiger partial charge is 0.226 e. The summed E-state index contributed by atoms with van der Waals surface area (Å²) >= 11 is 0. The minimum absolute atomic E-state index is 0.0920. The molecule has 1 aliphatic heterocycles. The number of hydrogen-bond donors (Lipinski definition) is 1. The van der Waals surface area contributed by atoms with Crippen LogP contribution in [0.1, 0.15) is 37.6 Å². The molecule has 0 amide bonds. The highest BCUT2D eigenvalue weighted by molar-refractivity contribution is 4.90. The number of aromatic nitrogens is 2. The summed E-state index contributed by atoms with van der Waals surface area (Å²) in [6, 6.07) is 0. The summed E-state index contributed by atoms with van der Waals surface area (Å²) in [7, 11) is 1.64. The Morgan fingerprint density at radius 2 is 2.50 bits per heavy atom. The van der Waals surface area contributed by atoms with Gasteiger partial charge in [-0.25, -0.2) is 0 Å². The Bertz CT molecular complexity index is 321. The highest BCUT2D eigenvalue weighted by atomic mass is 16.5. The monoisotopic (exact) mass is 225 g/mol. The maximum Gasteiger partial charge on any atom is 0.226 e. The van der Waals surface area contributed by atoms with Crippen molar-refractivity contribution in [3.05, 3.63) is 11.7 Å². The first-order valence-electron chi connectivity index (χ1n) is 5.85. The molecule has 1 aromatic rings. The van der Waals surface area contributed by atoms with Crippen LogP contribution in [-0.4, -0.2) is 30.3 Å². The molecule has 1 saturated heterocycles. The Morgan fingerprint density at radius 3 is 3.19 bits per heavy atom. The summed E-state index contributed by atoms with van der Waals surface area (Å²) in [5, 5.41) is 7.26. The molecular formula is C11H19N3O2. The van der Waals surface area contributed by atoms with Gasteiger partial charge in [-0.2, -0.15) is 4.98 Å². The van der Waals surface area contributed by atoms with Crippen molar-refractivity contribution < 1.29 is 9.26 Å². The molecule has 0 aromatic carbocycles. The van der Waals surface area contributed by atoms with Crippen LogP contribution in [0.15, 0.2) is 4.52 Å². The average Bonchev–Trinajstić information content (AvgIpc) is 2.96. The molecule has 0 spiro atoms. The van der Waals surface area contributed by atoms with Gasteiger partial charge in [-0.3, -0.25) is 0 Å². The SMILES string of the molecule is COC(C)c1noc(CCC2CCNC2)n1. The van der Waals surface area contributed by atoms with Gasteiger partial charge in [-0.15, -0.1) is 0 Å². The highest BCUT2D eigenvalue weighted by Crippen LogP contribution is 2.17. The molecule has 0 aliphatic carbocycles. The van der Waals surface area contributed by atoms with Gasteiger partial charge in [0.05, 0.1) is 0 Å². The fourth-order valence-electron chi connectivity index (χ4n) is 1.93. The predicted octanol–water partition coefficient (Wildman–Crippen LogP) is 1.32. The quantitative estimate of drug-likeness (QED) is 0.819. The maximum atomic E-state index is 5.19. The normalized spacial score (nSPS) is 22.5. The van der Waals surface area contributed by atoms with Gasteiger partial charge in [0, 0.05) is 13.5 Å². The lowest BCUT2D eigenvalue weighted by Crippen LogP contribution is -2.09. The lowest BCUT2D eigenvalue weighted by molar-refractivity contribution is 0.109. The fraction of sp³-hybridized carbons (Fsp3) is 0.818. The van der Waals surface area contributed by atoms with Crippen molar-refractivity contribution in [2.45, 2.75) is 32.3 Å². The van der Waals surface area contributed by atoms with Crippen molar-refractivity contribution in [1.29, 1.82) is 0 Å². The molecule has 1 aliphatic rings. The van der Waals surface area contributed by atoms with E-state index in [2.05, 4.69) is 15.5 Å². The number of ether oxygens (including phenoxy) is 1. The Morgan fingerprint density at radius 1 is 1.62 bits per heavy atom. The third-order valence-corrected chi connectivity index (χ3v) is 3.13. The number of methoxy groups -OCH3 is 1. The number of nitrogens with one attached hydrogen (secondary N) is 1. The molecule has 2 unspecified atom stereocenters. The van der Waals surface area contributed by atoms with Crippen LogP contribution in [0.4, 0.5) is 0 Å². The van der Waals surface area contributed by atoms with Crippen molar-refractivity contribution in [2.75, 3.05) is 20.2 Å². The minimum atomic E-state index is -0.0920. The van der Waals surface area contributed by atoms with E-state index in [1.807, 2.05) is 6.92 Å². The standard InChI is InChI=1S/C11H19N3O2/c1-8(15-2)11-13-10(16-14-11)4-3-9-5-6-12-7-9/h8-9,12H,3-7H2,1-2H3. The average molecular weight is 225 g/mol. The fourth-order valence-corrected chi connectivity index (χ4v) is 1.93. The van der Waals surface area contributed by atoms with E-state index >= 15 is 0 Å². The van der Waals surface area contributed by atoms with Crippen molar-refractivity contribution in [3.63, 3.8) is 0 Å². The van der Waals surface area contributed by atoms with Crippen LogP contribution in [0.3, 0.4) is 0 Å². The van der Waals surface area contributed by atoms with Gasteiger partial charge in [-0.05, 0) is 38.8 Å². The van der Waals surface area contributed by atoms with Crippen molar-refractivity contribution in [1.82, 2.24) is 15.5 Å².